The number of nitrogens with two attached hydrogens (primary N) is 1. The highest BCUT2D eigenvalue weighted by atomic mass is 35.5. The molecule has 0 aliphatic rings. The quantitative estimate of drug-likeness (QED) is 0.777. The van der Waals surface area contributed by atoms with E-state index in [0.717, 1.165) is 0 Å². The van der Waals surface area contributed by atoms with Crippen LogP contribution in [0.15, 0.2) is 12.1 Å². The van der Waals surface area contributed by atoms with Crippen LogP contribution in [0, 0.1) is 6.92 Å². The molecule has 0 spiro atoms. The van der Waals surface area contributed by atoms with Crippen molar-refractivity contribution in [2.75, 3.05) is 5.73 Å². The first kappa shape index (κ1) is 10.2. The molecule has 0 unspecified atom stereocenters. The standard InChI is InChI=1S/C8H7Cl2N5/c1-4-8(11)14-15(13-4)5-2-3-6(9)12-7(5)10/h2-3H,1H3,(H2,11,14). The molecular formula is C8H7Cl2N5. The lowest BCUT2D eigenvalue weighted by Gasteiger charge is -2.01. The molecule has 0 aliphatic heterocycles. The van der Waals surface area contributed by atoms with Crippen LogP contribution >= 0.6 is 23.2 Å². The predicted molar refractivity (Wildman–Crippen MR) is 58.3 cm³/mol. The van der Waals surface area contributed by atoms with Crippen molar-refractivity contribution in [3.63, 3.8) is 0 Å². The van der Waals surface area contributed by atoms with Crippen molar-refractivity contribution in [1.82, 2.24) is 20.0 Å². The Morgan fingerprint density at radius 2 is 2.00 bits per heavy atom. The number of nitrogen functional groups attached to an aromatic ring is 1. The first-order valence-corrected chi connectivity index (χ1v) is 4.85. The first-order chi connectivity index (χ1) is 7.08. The number of anilines is 1. The Morgan fingerprint density at radius 3 is 2.53 bits per heavy atom. The van der Waals surface area contributed by atoms with Crippen LogP contribution in [0.1, 0.15) is 5.69 Å². The van der Waals surface area contributed by atoms with E-state index in [1.807, 2.05) is 0 Å². The fraction of sp³-hybridized carbons (Fsp3) is 0.125. The Morgan fingerprint density at radius 1 is 1.27 bits per heavy atom. The molecule has 78 valence electrons. The van der Waals surface area contributed by atoms with Crippen molar-refractivity contribution >= 4 is 29.0 Å². The highest BCUT2D eigenvalue weighted by molar-refractivity contribution is 6.33. The number of aromatic nitrogens is 4. The second-order valence-electron chi connectivity index (χ2n) is 2.90. The number of nitrogens with zero attached hydrogens (tertiary/aromatic N) is 4. The van der Waals surface area contributed by atoms with E-state index in [4.69, 9.17) is 28.9 Å². The highest BCUT2D eigenvalue weighted by Gasteiger charge is 2.09. The largest absolute Gasteiger partial charge is 0.381 e. The topological polar surface area (TPSA) is 69.6 Å². The van der Waals surface area contributed by atoms with E-state index >= 15 is 0 Å². The zero-order valence-electron chi connectivity index (χ0n) is 7.78. The van der Waals surface area contributed by atoms with E-state index in [2.05, 4.69) is 15.2 Å². The van der Waals surface area contributed by atoms with E-state index in [0.29, 0.717) is 22.4 Å². The van der Waals surface area contributed by atoms with Gasteiger partial charge >= 0.3 is 0 Å². The van der Waals surface area contributed by atoms with Gasteiger partial charge in [0.1, 0.15) is 16.5 Å². The molecule has 0 amide bonds. The SMILES string of the molecule is Cc1nn(-c2ccc(Cl)nc2Cl)nc1N. The predicted octanol–water partition coefficient (Wildman–Crippen LogP) is 1.86. The molecule has 2 heterocycles. The van der Waals surface area contributed by atoms with E-state index in [1.54, 1.807) is 19.1 Å². The Labute approximate surface area is 95.8 Å². The van der Waals surface area contributed by atoms with Crippen LogP contribution in [0.25, 0.3) is 5.69 Å². The van der Waals surface area contributed by atoms with Gasteiger partial charge in [-0.05, 0) is 19.1 Å². The van der Waals surface area contributed by atoms with Crippen LogP contribution < -0.4 is 5.73 Å². The molecule has 0 aromatic carbocycles. The van der Waals surface area contributed by atoms with Crippen molar-refractivity contribution in [3.8, 4) is 5.69 Å². The molecule has 0 bridgehead atoms. The van der Waals surface area contributed by atoms with Gasteiger partial charge in [0.25, 0.3) is 0 Å². The molecule has 2 aromatic heterocycles. The van der Waals surface area contributed by atoms with Gasteiger partial charge in [-0.2, -0.15) is 5.10 Å². The van der Waals surface area contributed by atoms with Gasteiger partial charge < -0.3 is 5.73 Å². The van der Waals surface area contributed by atoms with E-state index in [9.17, 15) is 0 Å². The van der Waals surface area contributed by atoms with Gasteiger partial charge in [-0.25, -0.2) is 4.98 Å². The maximum atomic E-state index is 5.89. The molecule has 7 heteroatoms. The fourth-order valence-electron chi connectivity index (χ4n) is 1.05. The van der Waals surface area contributed by atoms with Crippen LogP contribution in [0.2, 0.25) is 10.3 Å². The van der Waals surface area contributed by atoms with E-state index in [1.165, 1.54) is 4.80 Å². The molecule has 0 radical (unpaired) electrons. The number of halogens is 2. The molecule has 0 aliphatic carbocycles. The summed E-state index contributed by atoms with van der Waals surface area (Å²) in [5.74, 6) is 0.362. The van der Waals surface area contributed by atoms with Gasteiger partial charge in [-0.3, -0.25) is 0 Å². The zero-order valence-corrected chi connectivity index (χ0v) is 9.29. The molecule has 0 saturated heterocycles. The van der Waals surface area contributed by atoms with Crippen LogP contribution in [0.5, 0.6) is 0 Å². The lowest BCUT2D eigenvalue weighted by Crippen LogP contribution is -2.01. The van der Waals surface area contributed by atoms with Crippen molar-refractivity contribution in [2.24, 2.45) is 0 Å². The van der Waals surface area contributed by atoms with Crippen LogP contribution in [-0.4, -0.2) is 20.0 Å². The number of aryl methyl sites for hydroxylation is 1. The summed E-state index contributed by atoms with van der Waals surface area (Å²) in [5, 5.41) is 8.62. The van der Waals surface area contributed by atoms with Gasteiger partial charge in [0.15, 0.2) is 11.0 Å². The smallest absolute Gasteiger partial charge is 0.169 e. The van der Waals surface area contributed by atoms with Gasteiger partial charge in [0, 0.05) is 0 Å². The maximum Gasteiger partial charge on any atom is 0.169 e. The van der Waals surface area contributed by atoms with Gasteiger partial charge in [0.2, 0.25) is 0 Å². The Balaban J connectivity index is 2.54. The summed E-state index contributed by atoms with van der Waals surface area (Å²) in [4.78, 5) is 5.21. The first-order valence-electron chi connectivity index (χ1n) is 4.10. The summed E-state index contributed by atoms with van der Waals surface area (Å²) in [6.07, 6.45) is 0. The minimum Gasteiger partial charge on any atom is -0.381 e. The second kappa shape index (κ2) is 3.67. The maximum absolute atomic E-state index is 5.89. The van der Waals surface area contributed by atoms with Crippen molar-refractivity contribution in [3.05, 3.63) is 28.1 Å². The summed E-state index contributed by atoms with van der Waals surface area (Å²) in [5.41, 5.74) is 6.76. The lowest BCUT2D eigenvalue weighted by molar-refractivity contribution is 0.744. The minimum absolute atomic E-state index is 0.234. The highest BCUT2D eigenvalue weighted by Crippen LogP contribution is 2.20. The van der Waals surface area contributed by atoms with E-state index in [-0.39, 0.29) is 5.15 Å². The Bertz CT molecular complexity index is 488. The third kappa shape index (κ3) is 1.88. The normalized spacial score (nSPS) is 10.6. The fourth-order valence-corrected chi connectivity index (χ4v) is 1.47. The monoisotopic (exact) mass is 243 g/mol. The zero-order chi connectivity index (χ0) is 11.0. The van der Waals surface area contributed by atoms with Crippen molar-refractivity contribution in [1.29, 1.82) is 0 Å². The third-order valence-electron chi connectivity index (χ3n) is 1.83. The molecule has 15 heavy (non-hydrogen) atoms. The summed E-state index contributed by atoms with van der Waals surface area (Å²) >= 11 is 11.6. The molecule has 0 saturated carbocycles. The molecule has 2 aromatic rings. The van der Waals surface area contributed by atoms with Crippen molar-refractivity contribution in [2.45, 2.75) is 6.92 Å². The molecule has 2 rings (SSSR count). The summed E-state index contributed by atoms with van der Waals surface area (Å²) in [6.45, 7) is 1.76. The average molecular weight is 244 g/mol. The number of pyridine rings is 1. The molecular weight excluding hydrogens is 237 g/mol. The number of hydrogen-bond donors (Lipinski definition) is 1. The van der Waals surface area contributed by atoms with Gasteiger partial charge in [-0.1, -0.05) is 23.2 Å². The van der Waals surface area contributed by atoms with Crippen molar-refractivity contribution < 1.29 is 0 Å². The second-order valence-corrected chi connectivity index (χ2v) is 3.65. The lowest BCUT2D eigenvalue weighted by atomic mass is 10.4. The van der Waals surface area contributed by atoms with E-state index < -0.39 is 0 Å². The average Bonchev–Trinajstić information content (AvgIpc) is 2.46. The number of hydrogen-bond acceptors (Lipinski definition) is 4. The van der Waals surface area contributed by atoms with Crippen LogP contribution in [0.3, 0.4) is 0 Å². The molecule has 0 atom stereocenters. The summed E-state index contributed by atoms with van der Waals surface area (Å²) < 4.78 is 0. The summed E-state index contributed by atoms with van der Waals surface area (Å²) in [6, 6.07) is 3.29. The van der Waals surface area contributed by atoms with Gasteiger partial charge in [-0.15, -0.1) is 9.90 Å². The number of rotatable bonds is 1. The van der Waals surface area contributed by atoms with Gasteiger partial charge in [0.05, 0.1) is 0 Å². The Hall–Kier alpha value is -1.33. The summed E-state index contributed by atoms with van der Waals surface area (Å²) in [7, 11) is 0. The molecule has 5 nitrogen and oxygen atoms in total. The molecule has 2 N–H and O–H groups in total. The third-order valence-corrected chi connectivity index (χ3v) is 2.32. The molecule has 0 fully saturated rings. The van der Waals surface area contributed by atoms with Crippen LogP contribution in [0.4, 0.5) is 5.82 Å². The van der Waals surface area contributed by atoms with Crippen LogP contribution in [-0.2, 0) is 0 Å². The minimum atomic E-state index is 0.234. The Kier molecular flexibility index (Phi) is 2.50.